The second-order valence-electron chi connectivity index (χ2n) is 4.22. The average Bonchev–Trinajstić information content (AvgIpc) is 2.46. The van der Waals surface area contributed by atoms with Crippen molar-refractivity contribution < 1.29 is 4.79 Å². The lowest BCUT2D eigenvalue weighted by Gasteiger charge is -2.06. The Balaban J connectivity index is 1.94. The molecule has 2 rings (SSSR count). The number of carbonyl (C=O) groups excluding carboxylic acids is 1. The van der Waals surface area contributed by atoms with Gasteiger partial charge in [0, 0.05) is 12.7 Å². The minimum atomic E-state index is -0.112. The number of hydrogen-bond donors (Lipinski definition) is 1. The van der Waals surface area contributed by atoms with Crippen LogP contribution in [0.5, 0.6) is 0 Å². The summed E-state index contributed by atoms with van der Waals surface area (Å²) in [4.78, 5) is 15.9. The van der Waals surface area contributed by atoms with Gasteiger partial charge < -0.3 is 5.32 Å². The summed E-state index contributed by atoms with van der Waals surface area (Å²) in [6.07, 6.45) is 2.58. The average molecular weight is 319 g/mol. The topological polar surface area (TPSA) is 42.0 Å². The lowest BCUT2D eigenvalue weighted by molar-refractivity contribution is 0.0950. The number of nitrogens with zero attached hydrogens (tertiary/aromatic N) is 1. The molecule has 0 bridgehead atoms. The van der Waals surface area contributed by atoms with Crippen LogP contribution < -0.4 is 5.32 Å². The van der Waals surface area contributed by atoms with Crippen LogP contribution in [0.1, 0.15) is 28.4 Å². The van der Waals surface area contributed by atoms with E-state index in [1.165, 1.54) is 5.56 Å². The Morgan fingerprint density at radius 2 is 1.84 bits per heavy atom. The van der Waals surface area contributed by atoms with E-state index in [0.717, 1.165) is 16.6 Å². The van der Waals surface area contributed by atoms with Crippen molar-refractivity contribution in [2.45, 2.75) is 19.9 Å². The molecule has 0 atom stereocenters. The van der Waals surface area contributed by atoms with Crippen molar-refractivity contribution in [1.82, 2.24) is 10.3 Å². The standard InChI is InChI=1S/C15H15BrN2O/c1-2-11-3-5-12(6-4-11)9-18-15(19)13-7-8-14(16)17-10-13/h3-8,10H,2,9H2,1H3,(H,18,19). The molecule has 0 aliphatic rings. The number of aromatic nitrogens is 1. The van der Waals surface area contributed by atoms with Crippen LogP contribution in [0, 0.1) is 0 Å². The van der Waals surface area contributed by atoms with Crippen molar-refractivity contribution in [2.75, 3.05) is 0 Å². The van der Waals surface area contributed by atoms with Crippen LogP contribution in [0.25, 0.3) is 0 Å². The van der Waals surface area contributed by atoms with Gasteiger partial charge in [0.05, 0.1) is 5.56 Å². The molecule has 0 saturated heterocycles. The monoisotopic (exact) mass is 318 g/mol. The first-order valence-electron chi connectivity index (χ1n) is 6.16. The van der Waals surface area contributed by atoms with Crippen LogP contribution in [0.3, 0.4) is 0 Å². The summed E-state index contributed by atoms with van der Waals surface area (Å²) in [6, 6.07) is 11.8. The molecule has 0 saturated carbocycles. The van der Waals surface area contributed by atoms with Crippen LogP contribution in [-0.2, 0) is 13.0 Å². The van der Waals surface area contributed by atoms with Gasteiger partial charge in [0.1, 0.15) is 4.60 Å². The van der Waals surface area contributed by atoms with Crippen molar-refractivity contribution in [1.29, 1.82) is 0 Å². The lowest BCUT2D eigenvalue weighted by Crippen LogP contribution is -2.22. The van der Waals surface area contributed by atoms with Crippen LogP contribution >= 0.6 is 15.9 Å². The zero-order valence-electron chi connectivity index (χ0n) is 10.7. The molecular weight excluding hydrogens is 304 g/mol. The summed E-state index contributed by atoms with van der Waals surface area (Å²) < 4.78 is 0.721. The fraction of sp³-hybridized carbons (Fsp3) is 0.200. The van der Waals surface area contributed by atoms with E-state index >= 15 is 0 Å². The molecule has 1 aromatic heterocycles. The van der Waals surface area contributed by atoms with Gasteiger partial charge in [-0.05, 0) is 45.6 Å². The van der Waals surface area contributed by atoms with E-state index < -0.39 is 0 Å². The fourth-order valence-electron chi connectivity index (χ4n) is 1.69. The summed E-state index contributed by atoms with van der Waals surface area (Å²) in [5.41, 5.74) is 2.95. The van der Waals surface area contributed by atoms with Gasteiger partial charge in [-0.2, -0.15) is 0 Å². The maximum Gasteiger partial charge on any atom is 0.253 e. The van der Waals surface area contributed by atoms with E-state index in [1.807, 2.05) is 12.1 Å². The van der Waals surface area contributed by atoms with Gasteiger partial charge in [0.2, 0.25) is 0 Å². The largest absolute Gasteiger partial charge is 0.348 e. The summed E-state index contributed by atoms with van der Waals surface area (Å²) in [6.45, 7) is 2.65. The summed E-state index contributed by atoms with van der Waals surface area (Å²) >= 11 is 3.24. The number of rotatable bonds is 4. The Morgan fingerprint density at radius 3 is 2.42 bits per heavy atom. The number of benzene rings is 1. The van der Waals surface area contributed by atoms with E-state index in [4.69, 9.17) is 0 Å². The van der Waals surface area contributed by atoms with Crippen molar-refractivity contribution in [2.24, 2.45) is 0 Å². The number of halogens is 1. The Morgan fingerprint density at radius 1 is 1.16 bits per heavy atom. The lowest BCUT2D eigenvalue weighted by atomic mass is 10.1. The number of amides is 1. The van der Waals surface area contributed by atoms with E-state index in [1.54, 1.807) is 18.3 Å². The van der Waals surface area contributed by atoms with Crippen LogP contribution in [0.2, 0.25) is 0 Å². The Labute approximate surface area is 121 Å². The third kappa shape index (κ3) is 3.89. The zero-order chi connectivity index (χ0) is 13.7. The van der Waals surface area contributed by atoms with Crippen molar-refractivity contribution >= 4 is 21.8 Å². The zero-order valence-corrected chi connectivity index (χ0v) is 12.3. The fourth-order valence-corrected chi connectivity index (χ4v) is 1.92. The molecule has 0 unspecified atom stereocenters. The van der Waals surface area contributed by atoms with Gasteiger partial charge in [-0.15, -0.1) is 0 Å². The summed E-state index contributed by atoms with van der Waals surface area (Å²) in [5, 5.41) is 2.88. The van der Waals surface area contributed by atoms with Gasteiger partial charge in [0.15, 0.2) is 0 Å². The van der Waals surface area contributed by atoms with Gasteiger partial charge in [-0.25, -0.2) is 4.98 Å². The number of carbonyl (C=O) groups is 1. The van der Waals surface area contributed by atoms with Crippen molar-refractivity contribution in [3.8, 4) is 0 Å². The molecule has 2 aromatic rings. The highest BCUT2D eigenvalue weighted by atomic mass is 79.9. The molecule has 0 fully saturated rings. The number of nitrogens with one attached hydrogen (secondary N) is 1. The van der Waals surface area contributed by atoms with Gasteiger partial charge in [0.25, 0.3) is 5.91 Å². The molecule has 1 aromatic carbocycles. The molecule has 98 valence electrons. The molecular formula is C15H15BrN2O. The maximum absolute atomic E-state index is 11.9. The Bertz CT molecular complexity index is 549. The minimum Gasteiger partial charge on any atom is -0.348 e. The first kappa shape index (κ1) is 13.7. The SMILES string of the molecule is CCc1ccc(CNC(=O)c2ccc(Br)nc2)cc1. The number of pyridine rings is 1. The molecule has 19 heavy (non-hydrogen) atoms. The van der Waals surface area contributed by atoms with Gasteiger partial charge in [-0.3, -0.25) is 4.79 Å². The van der Waals surface area contributed by atoms with Crippen molar-refractivity contribution in [3.63, 3.8) is 0 Å². The molecule has 0 spiro atoms. The van der Waals surface area contributed by atoms with Gasteiger partial charge in [-0.1, -0.05) is 31.2 Å². The highest BCUT2D eigenvalue weighted by molar-refractivity contribution is 9.10. The first-order chi connectivity index (χ1) is 9.19. The minimum absolute atomic E-state index is 0.112. The molecule has 1 N–H and O–H groups in total. The van der Waals surface area contributed by atoms with Crippen LogP contribution in [0.4, 0.5) is 0 Å². The first-order valence-corrected chi connectivity index (χ1v) is 6.96. The molecule has 1 amide bonds. The number of aryl methyl sites for hydroxylation is 1. The maximum atomic E-state index is 11.9. The highest BCUT2D eigenvalue weighted by Gasteiger charge is 2.05. The molecule has 1 heterocycles. The second-order valence-corrected chi connectivity index (χ2v) is 5.03. The number of hydrogen-bond acceptors (Lipinski definition) is 2. The van der Waals surface area contributed by atoms with E-state index in [-0.39, 0.29) is 5.91 Å². The van der Waals surface area contributed by atoms with E-state index in [2.05, 4.69) is 45.3 Å². The predicted molar refractivity (Wildman–Crippen MR) is 78.9 cm³/mol. The molecule has 0 radical (unpaired) electrons. The van der Waals surface area contributed by atoms with E-state index in [9.17, 15) is 4.79 Å². The summed E-state index contributed by atoms with van der Waals surface area (Å²) in [5.74, 6) is -0.112. The van der Waals surface area contributed by atoms with Gasteiger partial charge >= 0.3 is 0 Å². The summed E-state index contributed by atoms with van der Waals surface area (Å²) in [7, 11) is 0. The Hall–Kier alpha value is -1.68. The Kier molecular flexibility index (Phi) is 4.68. The molecule has 0 aliphatic carbocycles. The smallest absolute Gasteiger partial charge is 0.253 e. The predicted octanol–water partition coefficient (Wildman–Crippen LogP) is 3.34. The molecule has 4 heteroatoms. The highest BCUT2D eigenvalue weighted by Crippen LogP contribution is 2.07. The third-order valence-corrected chi connectivity index (χ3v) is 3.34. The van der Waals surface area contributed by atoms with Crippen LogP contribution in [0.15, 0.2) is 47.2 Å². The molecule has 3 nitrogen and oxygen atoms in total. The third-order valence-electron chi connectivity index (χ3n) is 2.87. The quantitative estimate of drug-likeness (QED) is 0.878. The normalized spacial score (nSPS) is 10.2. The second kappa shape index (κ2) is 6.48. The molecule has 0 aliphatic heterocycles. The van der Waals surface area contributed by atoms with Crippen molar-refractivity contribution in [3.05, 3.63) is 63.9 Å². The van der Waals surface area contributed by atoms with Crippen LogP contribution in [-0.4, -0.2) is 10.9 Å². The van der Waals surface area contributed by atoms with E-state index in [0.29, 0.717) is 12.1 Å².